The van der Waals surface area contributed by atoms with Crippen molar-refractivity contribution in [1.29, 1.82) is 0 Å². The summed E-state index contributed by atoms with van der Waals surface area (Å²) in [5.74, 6) is 1.40. The third kappa shape index (κ3) is 7.56. The molecule has 0 unspecified atom stereocenters. The fraction of sp³-hybridized carbons (Fsp3) is 0.450. The monoisotopic (exact) mass is 698 g/mol. The Bertz CT molecular complexity index is 1770. The van der Waals surface area contributed by atoms with Gasteiger partial charge in [-0.2, -0.15) is 0 Å². The van der Waals surface area contributed by atoms with Crippen LogP contribution in [0, 0.1) is 20.8 Å². The van der Waals surface area contributed by atoms with Crippen LogP contribution in [0.5, 0.6) is 11.5 Å². The lowest BCUT2D eigenvalue weighted by Gasteiger charge is -2.45. The first kappa shape index (κ1) is 34.6. The molecule has 3 fully saturated rings. The molecule has 0 aromatic heterocycles. The van der Waals surface area contributed by atoms with Crippen LogP contribution in [-0.4, -0.2) is 89.8 Å². The number of nitrogens with zero attached hydrogens (tertiary/aromatic N) is 2. The molecule has 2 saturated heterocycles. The highest BCUT2D eigenvalue weighted by Crippen LogP contribution is 2.38. The molecular formula is C40H47ClN4O5. The second-order valence-corrected chi connectivity index (χ2v) is 14.7. The smallest absolute Gasteiger partial charge is 0.252 e. The number of carbonyl (C=O) groups excluding carboxylic acids is 2. The van der Waals surface area contributed by atoms with Gasteiger partial charge in [-0.3, -0.25) is 9.59 Å². The molecular weight excluding hydrogens is 652 g/mol. The van der Waals surface area contributed by atoms with Gasteiger partial charge in [-0.25, -0.2) is 0 Å². The number of aliphatic hydroxyl groups excluding tert-OH is 1. The number of piperazine rings is 1. The van der Waals surface area contributed by atoms with Crippen LogP contribution in [0.4, 0.5) is 0 Å². The van der Waals surface area contributed by atoms with Crippen LogP contribution in [0.3, 0.4) is 0 Å². The van der Waals surface area contributed by atoms with Crippen molar-refractivity contribution in [1.82, 2.24) is 20.4 Å². The van der Waals surface area contributed by atoms with E-state index >= 15 is 0 Å². The molecule has 10 heteroatoms. The molecule has 4 aliphatic rings. The number of aliphatic hydroxyl groups is 1. The molecule has 3 heterocycles. The molecule has 0 spiro atoms. The first-order chi connectivity index (χ1) is 24.1. The third-order valence-electron chi connectivity index (χ3n) is 10.6. The average Bonchev–Trinajstić information content (AvgIpc) is 3.86. The van der Waals surface area contributed by atoms with Crippen LogP contribution in [0.15, 0.2) is 66.2 Å². The average molecular weight is 699 g/mol. The summed E-state index contributed by atoms with van der Waals surface area (Å²) in [5.41, 5.74) is 7.31. The van der Waals surface area contributed by atoms with Gasteiger partial charge in [0, 0.05) is 43.8 Å². The van der Waals surface area contributed by atoms with Gasteiger partial charge in [-0.1, -0.05) is 48.0 Å². The number of fused-ring (bicyclic) bond motifs is 2. The molecule has 3 N–H and O–H groups in total. The summed E-state index contributed by atoms with van der Waals surface area (Å²) >= 11 is 6.37. The number of rotatable bonds is 11. The fourth-order valence-corrected chi connectivity index (χ4v) is 7.75. The number of aryl methyl sites for hydroxylation is 3. The van der Waals surface area contributed by atoms with Crippen molar-refractivity contribution in [2.45, 2.75) is 83.3 Å². The maximum Gasteiger partial charge on any atom is 0.252 e. The maximum absolute atomic E-state index is 14.8. The van der Waals surface area contributed by atoms with Crippen molar-refractivity contribution in [3.63, 3.8) is 0 Å². The lowest BCUT2D eigenvalue weighted by molar-refractivity contribution is -0.136. The summed E-state index contributed by atoms with van der Waals surface area (Å²) in [6, 6.07) is 19.6. The van der Waals surface area contributed by atoms with Gasteiger partial charge in [-0.05, 0) is 104 Å². The van der Waals surface area contributed by atoms with Crippen molar-refractivity contribution >= 4 is 29.0 Å². The lowest BCUT2D eigenvalue weighted by atomic mass is 9.82. The number of nitrogens with one attached hydrogen (secondary N) is 2. The van der Waals surface area contributed by atoms with Gasteiger partial charge in [0.05, 0.1) is 23.2 Å². The van der Waals surface area contributed by atoms with E-state index < -0.39 is 12.1 Å². The number of halogens is 1. The predicted octanol–water partition coefficient (Wildman–Crippen LogP) is 4.96. The number of hydrogen-bond acceptors (Lipinski definition) is 7. The predicted molar refractivity (Wildman–Crippen MR) is 194 cm³/mol. The maximum atomic E-state index is 14.8. The van der Waals surface area contributed by atoms with Crippen LogP contribution in [0.25, 0.3) is 5.57 Å². The Morgan fingerprint density at radius 1 is 0.960 bits per heavy atom. The number of benzene rings is 3. The summed E-state index contributed by atoms with van der Waals surface area (Å²) in [7, 11) is 0. The topological polar surface area (TPSA) is 103 Å². The van der Waals surface area contributed by atoms with E-state index in [-0.39, 0.29) is 29.9 Å². The highest BCUT2D eigenvalue weighted by Gasteiger charge is 2.44. The number of amides is 2. The highest BCUT2D eigenvalue weighted by atomic mass is 35.5. The van der Waals surface area contributed by atoms with E-state index in [9.17, 15) is 14.7 Å². The normalized spacial score (nSPS) is 23.2. The minimum atomic E-state index is -0.515. The summed E-state index contributed by atoms with van der Waals surface area (Å²) in [4.78, 5) is 32.3. The van der Waals surface area contributed by atoms with Gasteiger partial charge in [0.25, 0.3) is 5.91 Å². The van der Waals surface area contributed by atoms with Crippen molar-refractivity contribution in [3.05, 3.63) is 99.1 Å². The van der Waals surface area contributed by atoms with E-state index in [2.05, 4.69) is 34.6 Å². The summed E-state index contributed by atoms with van der Waals surface area (Å²) in [6.07, 6.45) is 2.50. The summed E-state index contributed by atoms with van der Waals surface area (Å²) in [5, 5.41) is 17.5. The second-order valence-electron chi connectivity index (χ2n) is 14.3. The number of carbonyl (C=O) groups is 2. The Kier molecular flexibility index (Phi) is 10.2. The van der Waals surface area contributed by atoms with Crippen LogP contribution in [0.2, 0.25) is 5.02 Å². The standard InChI is InChI=1S/C40H47ClN4O5/c1-24-6-4-5-7-28(24)21-45(30-10-11-30)40(48)38-33(18-29-22-44(23-36(38)43-29)39(47)35-19-31(46)20-42-35)27-8-12-32(13-9-27)49-14-15-50-37-17-26(3)25(2)16-34(37)41/h4-9,12-13,16-17,29-31,35-36,42-43,46H,10-11,14-15,18-23H2,1-3H3/t29-,31-,35+,36-/m1/s1. The summed E-state index contributed by atoms with van der Waals surface area (Å²) in [6.45, 7) is 8.79. The molecule has 264 valence electrons. The molecule has 3 aromatic carbocycles. The van der Waals surface area contributed by atoms with E-state index in [0.717, 1.165) is 46.2 Å². The number of ether oxygens (including phenoxy) is 2. The Balaban J connectivity index is 1.12. The molecule has 50 heavy (non-hydrogen) atoms. The number of hydrogen-bond donors (Lipinski definition) is 3. The molecule has 0 radical (unpaired) electrons. The molecule has 1 saturated carbocycles. The third-order valence-corrected chi connectivity index (χ3v) is 10.9. The van der Waals surface area contributed by atoms with Gasteiger partial charge in [0.2, 0.25) is 5.91 Å². The van der Waals surface area contributed by atoms with E-state index in [1.807, 2.05) is 67.3 Å². The van der Waals surface area contributed by atoms with Gasteiger partial charge in [0.1, 0.15) is 24.7 Å². The van der Waals surface area contributed by atoms with Crippen LogP contribution in [-0.2, 0) is 16.1 Å². The zero-order valence-corrected chi connectivity index (χ0v) is 29.8. The molecule has 4 atom stereocenters. The number of β-amino-alcohol motifs (C(OH)–C–C–N with tert-alkyl or cyclic N) is 1. The van der Waals surface area contributed by atoms with Crippen molar-refractivity contribution < 1.29 is 24.2 Å². The van der Waals surface area contributed by atoms with Gasteiger partial charge >= 0.3 is 0 Å². The molecule has 2 amide bonds. The van der Waals surface area contributed by atoms with Crippen molar-refractivity contribution in [3.8, 4) is 11.5 Å². The Morgan fingerprint density at radius 3 is 2.42 bits per heavy atom. The largest absolute Gasteiger partial charge is 0.490 e. The van der Waals surface area contributed by atoms with Crippen LogP contribution < -0.4 is 20.1 Å². The first-order valence-corrected chi connectivity index (χ1v) is 18.2. The zero-order valence-electron chi connectivity index (χ0n) is 29.1. The molecule has 2 bridgehead atoms. The zero-order chi connectivity index (χ0) is 34.9. The molecule has 9 nitrogen and oxygen atoms in total. The Labute approximate surface area is 299 Å². The van der Waals surface area contributed by atoms with E-state index in [1.54, 1.807) is 0 Å². The second kappa shape index (κ2) is 14.8. The van der Waals surface area contributed by atoms with Crippen LogP contribution >= 0.6 is 11.6 Å². The van der Waals surface area contributed by atoms with E-state index in [0.29, 0.717) is 68.8 Å². The van der Waals surface area contributed by atoms with Gasteiger partial charge in [-0.15, -0.1) is 0 Å². The van der Waals surface area contributed by atoms with E-state index in [1.165, 1.54) is 5.56 Å². The minimum absolute atomic E-state index is 0.00229. The quantitative estimate of drug-likeness (QED) is 0.243. The highest BCUT2D eigenvalue weighted by molar-refractivity contribution is 6.32. The Hall–Kier alpha value is -3.89. The Morgan fingerprint density at radius 2 is 1.70 bits per heavy atom. The van der Waals surface area contributed by atoms with Gasteiger partial charge in [0.15, 0.2) is 0 Å². The molecule has 3 aromatic rings. The van der Waals surface area contributed by atoms with Crippen molar-refractivity contribution in [2.75, 3.05) is 32.8 Å². The SMILES string of the molecule is Cc1cc(Cl)c(OCCOc2ccc(C3=C(C(=O)N(Cc4ccccc4C)C4CC4)[C@H]4CN(C(=O)[C@@H]5C[C@@H](O)CN5)C[C@@H](C3)N4)cc2)cc1C. The minimum Gasteiger partial charge on any atom is -0.490 e. The fourth-order valence-electron chi connectivity index (χ4n) is 7.48. The van der Waals surface area contributed by atoms with E-state index in [4.69, 9.17) is 21.1 Å². The first-order valence-electron chi connectivity index (χ1n) is 17.8. The van der Waals surface area contributed by atoms with Crippen molar-refractivity contribution in [2.24, 2.45) is 0 Å². The lowest BCUT2D eigenvalue weighted by Crippen LogP contribution is -2.63. The van der Waals surface area contributed by atoms with Crippen LogP contribution in [0.1, 0.15) is 53.5 Å². The molecule has 3 aliphatic heterocycles. The molecule has 7 rings (SSSR count). The van der Waals surface area contributed by atoms with Gasteiger partial charge < -0.3 is 35.0 Å². The summed E-state index contributed by atoms with van der Waals surface area (Å²) < 4.78 is 11.9. The molecule has 1 aliphatic carbocycles.